The normalized spacial score (nSPS) is 11.9. The molecule has 7 heteroatoms. The third kappa shape index (κ3) is 3.33. The van der Waals surface area contributed by atoms with E-state index in [-0.39, 0.29) is 0 Å². The van der Waals surface area contributed by atoms with Crippen LogP contribution in [0.15, 0.2) is 21.0 Å². The monoisotopic (exact) mass is 285 g/mol. The Labute approximate surface area is 110 Å². The summed E-state index contributed by atoms with van der Waals surface area (Å²) in [5.74, 6) is 1.51. The highest BCUT2D eigenvalue weighted by molar-refractivity contribution is 8.00. The number of rotatable bonds is 4. The molecule has 0 aliphatic heterocycles. The van der Waals surface area contributed by atoms with Crippen LogP contribution in [0.25, 0.3) is 0 Å². The highest BCUT2D eigenvalue weighted by Crippen LogP contribution is 2.28. The highest BCUT2D eigenvalue weighted by Gasteiger charge is 2.21. The van der Waals surface area contributed by atoms with Gasteiger partial charge in [-0.15, -0.1) is 11.8 Å². The Balaban J connectivity index is 1.98. The second-order valence-electron chi connectivity index (χ2n) is 4.67. The summed E-state index contributed by atoms with van der Waals surface area (Å²) in [5, 5.41) is 1.65. The molecule has 0 spiro atoms. The third-order valence-electron chi connectivity index (χ3n) is 2.13. The van der Waals surface area contributed by atoms with Crippen molar-refractivity contribution in [3.05, 3.63) is 18.3 Å². The first-order valence-corrected chi connectivity index (χ1v) is 10.5. The summed E-state index contributed by atoms with van der Waals surface area (Å²) in [4.78, 5) is 8.31. The minimum absolute atomic E-state index is 0.600. The molecule has 2 aromatic heterocycles. The number of aromatic nitrogens is 2. The van der Waals surface area contributed by atoms with Crippen molar-refractivity contribution in [2.24, 2.45) is 0 Å². The zero-order valence-corrected chi connectivity index (χ0v) is 12.7. The van der Waals surface area contributed by atoms with Gasteiger partial charge in [-0.1, -0.05) is 31.0 Å². The summed E-state index contributed by atoms with van der Waals surface area (Å²) >= 11 is 3.14. The zero-order chi connectivity index (χ0) is 12.5. The Morgan fingerprint density at radius 2 is 2.12 bits per heavy atom. The molecule has 0 saturated carbocycles. The molecule has 2 aromatic rings. The third-order valence-corrected chi connectivity index (χ3v) is 5.85. The lowest BCUT2D eigenvalue weighted by molar-refractivity contribution is 0.542. The molecule has 2 heterocycles. The molecule has 2 N–H and O–H groups in total. The Hall–Kier alpha value is -0.793. The maximum absolute atomic E-state index is 5.76. The molecule has 0 aromatic carbocycles. The van der Waals surface area contributed by atoms with Gasteiger partial charge in [0.1, 0.15) is 13.5 Å². The van der Waals surface area contributed by atoms with Gasteiger partial charge in [0.05, 0.1) is 22.4 Å². The van der Waals surface area contributed by atoms with Gasteiger partial charge >= 0.3 is 0 Å². The van der Waals surface area contributed by atoms with Crippen LogP contribution in [-0.4, -0.2) is 18.0 Å². The Bertz CT molecular complexity index is 504. The fraction of sp³-hybridized carbons (Fsp3) is 0.400. The predicted octanol–water partition coefficient (Wildman–Crippen LogP) is 2.55. The minimum atomic E-state index is -1.38. The maximum atomic E-state index is 5.76. The fourth-order valence-electron chi connectivity index (χ4n) is 1.20. The Kier molecular flexibility index (Phi) is 3.60. The summed E-state index contributed by atoms with van der Waals surface area (Å²) < 4.78 is 6.85. The van der Waals surface area contributed by atoms with E-state index in [0.29, 0.717) is 5.13 Å². The number of oxazole rings is 1. The van der Waals surface area contributed by atoms with Crippen molar-refractivity contribution in [1.82, 2.24) is 9.97 Å². The Morgan fingerprint density at radius 3 is 2.65 bits per heavy atom. The summed E-state index contributed by atoms with van der Waals surface area (Å²) in [7, 11) is -1.38. The van der Waals surface area contributed by atoms with Gasteiger partial charge in [0.2, 0.25) is 5.89 Å². The van der Waals surface area contributed by atoms with E-state index in [4.69, 9.17) is 10.2 Å². The summed E-state index contributed by atoms with van der Waals surface area (Å²) in [6.45, 7) is 6.73. The second kappa shape index (κ2) is 4.83. The molecule has 17 heavy (non-hydrogen) atoms. The largest absolute Gasteiger partial charge is 0.450 e. The standard InChI is InChI=1S/C10H15N3OS2Si/c1-17(2,3)8-4-12-7(14-8)6-15-9-5-13-10(11)16-9/h4-5H,6H2,1-3H3,(H2,11,13). The summed E-state index contributed by atoms with van der Waals surface area (Å²) in [5.41, 5.74) is 5.57. The molecule has 4 nitrogen and oxygen atoms in total. The van der Waals surface area contributed by atoms with E-state index in [9.17, 15) is 0 Å². The molecular formula is C10H15N3OS2Si. The first-order chi connectivity index (χ1) is 7.95. The number of nitrogens with zero attached hydrogens (tertiary/aromatic N) is 2. The molecule has 0 bridgehead atoms. The van der Waals surface area contributed by atoms with Gasteiger partial charge in [0, 0.05) is 0 Å². The lowest BCUT2D eigenvalue weighted by atomic mass is 10.8. The second-order valence-corrected chi connectivity index (χ2v) is 12.0. The van der Waals surface area contributed by atoms with Gasteiger partial charge in [0.15, 0.2) is 5.13 Å². The molecular weight excluding hydrogens is 270 g/mol. The number of hydrogen-bond donors (Lipinski definition) is 1. The zero-order valence-electron chi connectivity index (χ0n) is 10.1. The van der Waals surface area contributed by atoms with Crippen LogP contribution in [0, 0.1) is 0 Å². The predicted molar refractivity (Wildman–Crippen MR) is 75.6 cm³/mol. The summed E-state index contributed by atoms with van der Waals surface area (Å²) in [6, 6.07) is 0. The van der Waals surface area contributed by atoms with Gasteiger partial charge in [-0.2, -0.15) is 0 Å². The van der Waals surface area contributed by atoms with E-state index in [1.54, 1.807) is 18.0 Å². The van der Waals surface area contributed by atoms with Crippen LogP contribution in [0.5, 0.6) is 0 Å². The highest BCUT2D eigenvalue weighted by atomic mass is 32.2. The molecule has 0 aliphatic carbocycles. The van der Waals surface area contributed by atoms with E-state index >= 15 is 0 Å². The molecule has 0 unspecified atom stereocenters. The quantitative estimate of drug-likeness (QED) is 0.691. The number of hydrogen-bond acceptors (Lipinski definition) is 6. The van der Waals surface area contributed by atoms with Gasteiger partial charge in [0.25, 0.3) is 0 Å². The SMILES string of the molecule is C[Si](C)(C)c1cnc(CSc2cnc(N)s2)o1. The van der Waals surface area contributed by atoms with Crippen LogP contribution in [0.2, 0.25) is 19.6 Å². The lowest BCUT2D eigenvalue weighted by Crippen LogP contribution is -2.36. The van der Waals surface area contributed by atoms with Crippen molar-refractivity contribution in [1.29, 1.82) is 0 Å². The molecule has 0 aliphatic rings. The van der Waals surface area contributed by atoms with Gasteiger partial charge < -0.3 is 10.2 Å². The van der Waals surface area contributed by atoms with Gasteiger partial charge in [-0.3, -0.25) is 0 Å². The number of thiazole rings is 1. The molecule has 0 atom stereocenters. The van der Waals surface area contributed by atoms with Crippen molar-refractivity contribution in [3.63, 3.8) is 0 Å². The first kappa shape index (κ1) is 12.7. The van der Waals surface area contributed by atoms with Crippen molar-refractivity contribution < 1.29 is 4.42 Å². The van der Waals surface area contributed by atoms with Crippen LogP contribution in [-0.2, 0) is 5.75 Å². The summed E-state index contributed by atoms with van der Waals surface area (Å²) in [6.07, 6.45) is 3.65. The topological polar surface area (TPSA) is 64.9 Å². The van der Waals surface area contributed by atoms with E-state index in [2.05, 4.69) is 29.6 Å². The number of thioether (sulfide) groups is 1. The van der Waals surface area contributed by atoms with Crippen LogP contribution in [0.4, 0.5) is 5.13 Å². The average molecular weight is 285 g/mol. The smallest absolute Gasteiger partial charge is 0.204 e. The molecule has 0 fully saturated rings. The van der Waals surface area contributed by atoms with Crippen molar-refractivity contribution in [2.75, 3.05) is 5.73 Å². The molecule has 0 saturated heterocycles. The number of nitrogens with two attached hydrogens (primary N) is 1. The van der Waals surface area contributed by atoms with Crippen LogP contribution in [0.3, 0.4) is 0 Å². The maximum Gasteiger partial charge on any atom is 0.204 e. The van der Waals surface area contributed by atoms with Crippen LogP contribution in [0.1, 0.15) is 5.89 Å². The fourth-order valence-corrected chi connectivity index (χ4v) is 3.68. The van der Waals surface area contributed by atoms with E-state index in [1.165, 1.54) is 11.3 Å². The lowest BCUT2D eigenvalue weighted by Gasteiger charge is -2.09. The van der Waals surface area contributed by atoms with E-state index in [1.807, 2.05) is 6.20 Å². The minimum Gasteiger partial charge on any atom is -0.450 e. The number of anilines is 1. The Morgan fingerprint density at radius 1 is 1.35 bits per heavy atom. The first-order valence-electron chi connectivity index (χ1n) is 5.24. The van der Waals surface area contributed by atoms with Gasteiger partial charge in [-0.05, 0) is 0 Å². The van der Waals surface area contributed by atoms with Crippen molar-refractivity contribution >= 4 is 41.7 Å². The number of nitrogen functional groups attached to an aromatic ring is 1. The van der Waals surface area contributed by atoms with E-state index < -0.39 is 8.07 Å². The molecule has 92 valence electrons. The average Bonchev–Trinajstić information content (AvgIpc) is 2.82. The van der Waals surface area contributed by atoms with Crippen molar-refractivity contribution in [3.8, 4) is 0 Å². The molecule has 2 rings (SSSR count). The van der Waals surface area contributed by atoms with Crippen molar-refractivity contribution in [2.45, 2.75) is 29.6 Å². The molecule has 0 amide bonds. The van der Waals surface area contributed by atoms with E-state index in [0.717, 1.165) is 21.2 Å². The van der Waals surface area contributed by atoms with Crippen LogP contribution >= 0.6 is 23.1 Å². The van der Waals surface area contributed by atoms with Crippen LogP contribution < -0.4 is 11.1 Å². The van der Waals surface area contributed by atoms with Gasteiger partial charge in [-0.25, -0.2) is 9.97 Å². The molecule has 0 radical (unpaired) electrons.